The molecule has 2 heterocycles. The lowest BCUT2D eigenvalue weighted by atomic mass is 10.0. The zero-order valence-electron chi connectivity index (χ0n) is 24.0. The number of hydrogen-bond acceptors (Lipinski definition) is 8. The normalized spacial score (nSPS) is 11.9. The number of anilines is 1. The molecule has 42 heavy (non-hydrogen) atoms. The van der Waals surface area contributed by atoms with Gasteiger partial charge in [0.25, 0.3) is 0 Å². The molecule has 0 aliphatic rings. The molecular formula is C30H33N9O3. The van der Waals surface area contributed by atoms with Crippen LogP contribution in [0.1, 0.15) is 37.4 Å². The van der Waals surface area contributed by atoms with Gasteiger partial charge in [-0.2, -0.15) is 4.68 Å². The number of amides is 2. The summed E-state index contributed by atoms with van der Waals surface area (Å²) in [6, 6.07) is 19.3. The molecule has 0 aliphatic heterocycles. The number of nitrogens with zero attached hydrogens (tertiary/aromatic N) is 8. The van der Waals surface area contributed by atoms with Crippen LogP contribution in [0.2, 0.25) is 0 Å². The molecule has 2 amide bonds. The first kappa shape index (κ1) is 28.4. The Morgan fingerprint density at radius 1 is 1.02 bits per heavy atom. The average Bonchev–Trinajstić information content (AvgIpc) is 3.67. The number of benzene rings is 3. The second-order valence-electron chi connectivity index (χ2n) is 10.4. The Kier molecular flexibility index (Phi) is 8.51. The highest BCUT2D eigenvalue weighted by atomic mass is 16.5. The van der Waals surface area contributed by atoms with Crippen LogP contribution in [-0.4, -0.2) is 60.7 Å². The second-order valence-corrected chi connectivity index (χ2v) is 10.4. The molecule has 1 N–H and O–H groups in total. The Morgan fingerprint density at radius 3 is 2.52 bits per heavy atom. The molecule has 1 atom stereocenters. The lowest BCUT2D eigenvalue weighted by molar-refractivity contribution is -0.127. The maximum atomic E-state index is 14.3. The van der Waals surface area contributed by atoms with Gasteiger partial charge in [-0.05, 0) is 59.5 Å². The van der Waals surface area contributed by atoms with Crippen molar-refractivity contribution < 1.29 is 14.3 Å². The van der Waals surface area contributed by atoms with Crippen molar-refractivity contribution in [3.05, 3.63) is 84.2 Å². The largest absolute Gasteiger partial charge is 0.494 e. The predicted molar refractivity (Wildman–Crippen MR) is 157 cm³/mol. The third kappa shape index (κ3) is 6.12. The summed E-state index contributed by atoms with van der Waals surface area (Å²) in [7, 11) is 1.52. The van der Waals surface area contributed by atoms with Crippen molar-refractivity contribution in [2.75, 3.05) is 18.6 Å². The first-order chi connectivity index (χ1) is 20.4. The van der Waals surface area contributed by atoms with Crippen molar-refractivity contribution in [3.8, 4) is 11.4 Å². The fourth-order valence-corrected chi connectivity index (χ4v) is 4.70. The number of carbonyl (C=O) groups excluding carboxylic acids is 2. The van der Waals surface area contributed by atoms with Crippen molar-refractivity contribution in [2.24, 2.45) is 5.92 Å². The predicted octanol–water partition coefficient (Wildman–Crippen LogP) is 3.66. The molecule has 0 spiro atoms. The first-order valence-electron chi connectivity index (χ1n) is 13.7. The Balaban J connectivity index is 1.61. The minimum absolute atomic E-state index is 0.140. The highest BCUT2D eigenvalue weighted by molar-refractivity contribution is 6.01. The smallest absolute Gasteiger partial charge is 0.249 e. The van der Waals surface area contributed by atoms with Gasteiger partial charge < -0.3 is 10.1 Å². The van der Waals surface area contributed by atoms with Crippen LogP contribution in [-0.2, 0) is 16.1 Å². The van der Waals surface area contributed by atoms with Gasteiger partial charge in [0.05, 0.1) is 12.6 Å². The van der Waals surface area contributed by atoms with E-state index in [1.165, 1.54) is 23.0 Å². The Bertz CT molecular complexity index is 1660. The van der Waals surface area contributed by atoms with Crippen molar-refractivity contribution in [3.63, 3.8) is 0 Å². The van der Waals surface area contributed by atoms with Crippen molar-refractivity contribution in [1.29, 1.82) is 0 Å². The zero-order valence-corrected chi connectivity index (χ0v) is 24.0. The number of tetrazole rings is 1. The molecule has 0 radical (unpaired) electrons. The van der Waals surface area contributed by atoms with Crippen LogP contribution in [0.3, 0.4) is 0 Å². The van der Waals surface area contributed by atoms with Gasteiger partial charge in [0, 0.05) is 18.3 Å². The van der Waals surface area contributed by atoms with E-state index in [4.69, 9.17) is 4.74 Å². The summed E-state index contributed by atoms with van der Waals surface area (Å²) in [6.07, 6.45) is 2.26. The molecule has 2 aromatic heterocycles. The Labute approximate surface area is 243 Å². The fraction of sp³-hybridized carbons (Fsp3) is 0.300. The lowest BCUT2D eigenvalue weighted by Gasteiger charge is -2.32. The molecule has 0 aliphatic carbocycles. The second kappa shape index (κ2) is 12.6. The van der Waals surface area contributed by atoms with Crippen LogP contribution in [0, 0.1) is 12.8 Å². The molecular weight excluding hydrogens is 534 g/mol. The number of para-hydroxylation sites is 1. The average molecular weight is 568 g/mol. The van der Waals surface area contributed by atoms with E-state index in [1.54, 1.807) is 22.9 Å². The van der Waals surface area contributed by atoms with Gasteiger partial charge in [-0.3, -0.25) is 14.5 Å². The van der Waals surface area contributed by atoms with E-state index >= 15 is 0 Å². The summed E-state index contributed by atoms with van der Waals surface area (Å²) in [5.41, 5.74) is 4.13. The Hall–Kier alpha value is -5.13. The standard InChI is InChI=1S/C30H33N9O3/c1-20(2)15-16-31-30(41)29(22-11-9-21(3)10-12-22)39(28(40)18-37-25-8-6-5-7-24(25)33-35-37)23-13-14-26(27(17-23)42-4)38-19-32-34-36-38/h5-14,17,19-20,29H,15-16,18H2,1-4H3,(H,31,41)/t29-/m1/s1. The van der Waals surface area contributed by atoms with Gasteiger partial charge in [-0.25, -0.2) is 4.68 Å². The van der Waals surface area contributed by atoms with E-state index in [2.05, 4.69) is 45.0 Å². The molecule has 0 saturated heterocycles. The molecule has 0 fully saturated rings. The summed E-state index contributed by atoms with van der Waals surface area (Å²) < 4.78 is 8.68. The van der Waals surface area contributed by atoms with Gasteiger partial charge in [-0.1, -0.05) is 61.0 Å². The van der Waals surface area contributed by atoms with Gasteiger partial charge in [-0.15, -0.1) is 10.2 Å². The number of aromatic nitrogens is 7. The van der Waals surface area contributed by atoms with E-state index in [-0.39, 0.29) is 18.4 Å². The number of carbonyl (C=O) groups is 2. The number of aryl methyl sites for hydroxylation is 1. The molecule has 5 rings (SSSR count). The van der Waals surface area contributed by atoms with E-state index in [0.717, 1.165) is 12.0 Å². The monoisotopic (exact) mass is 567 g/mol. The molecule has 216 valence electrons. The summed E-state index contributed by atoms with van der Waals surface area (Å²) in [4.78, 5) is 29.8. The van der Waals surface area contributed by atoms with E-state index in [1.807, 2.05) is 55.5 Å². The summed E-state index contributed by atoms with van der Waals surface area (Å²) in [6.45, 7) is 6.51. The zero-order chi connectivity index (χ0) is 29.6. The van der Waals surface area contributed by atoms with Crippen LogP contribution < -0.4 is 15.0 Å². The van der Waals surface area contributed by atoms with Crippen molar-refractivity contribution in [1.82, 2.24) is 40.5 Å². The fourth-order valence-electron chi connectivity index (χ4n) is 4.70. The number of ether oxygens (including phenoxy) is 1. The topological polar surface area (TPSA) is 133 Å². The summed E-state index contributed by atoms with van der Waals surface area (Å²) in [5, 5.41) is 22.9. The number of nitrogens with one attached hydrogen (secondary N) is 1. The number of hydrogen-bond donors (Lipinski definition) is 1. The third-order valence-electron chi connectivity index (χ3n) is 6.93. The van der Waals surface area contributed by atoms with Crippen molar-refractivity contribution >= 4 is 28.5 Å². The molecule has 12 nitrogen and oxygen atoms in total. The van der Waals surface area contributed by atoms with Crippen LogP contribution in [0.5, 0.6) is 5.75 Å². The van der Waals surface area contributed by atoms with Gasteiger partial charge in [0.15, 0.2) is 0 Å². The van der Waals surface area contributed by atoms with E-state index < -0.39 is 6.04 Å². The van der Waals surface area contributed by atoms with E-state index in [0.29, 0.717) is 46.2 Å². The quantitative estimate of drug-likeness (QED) is 0.256. The third-order valence-corrected chi connectivity index (χ3v) is 6.93. The molecule has 0 bridgehead atoms. The number of fused-ring (bicyclic) bond motifs is 1. The van der Waals surface area contributed by atoms with Gasteiger partial charge in [0.2, 0.25) is 11.8 Å². The molecule has 0 unspecified atom stereocenters. The minimum atomic E-state index is -0.969. The summed E-state index contributed by atoms with van der Waals surface area (Å²) in [5.74, 6) is 0.184. The lowest BCUT2D eigenvalue weighted by Crippen LogP contribution is -2.45. The molecule has 0 saturated carbocycles. The SMILES string of the molecule is COc1cc(N(C(=O)Cn2nnc3ccccc32)[C@@H](C(=O)NCCC(C)C)c2ccc(C)cc2)ccc1-n1cnnn1. The Morgan fingerprint density at radius 2 is 1.81 bits per heavy atom. The minimum Gasteiger partial charge on any atom is -0.494 e. The van der Waals surface area contributed by atoms with Crippen molar-refractivity contribution in [2.45, 2.75) is 39.8 Å². The van der Waals surface area contributed by atoms with Crippen LogP contribution in [0.4, 0.5) is 5.69 Å². The molecule has 5 aromatic rings. The maximum Gasteiger partial charge on any atom is 0.249 e. The maximum absolute atomic E-state index is 14.3. The highest BCUT2D eigenvalue weighted by Gasteiger charge is 2.34. The van der Waals surface area contributed by atoms with Gasteiger partial charge in [0.1, 0.15) is 35.9 Å². The van der Waals surface area contributed by atoms with Crippen LogP contribution in [0.25, 0.3) is 16.7 Å². The highest BCUT2D eigenvalue weighted by Crippen LogP contribution is 2.34. The molecule has 3 aromatic carbocycles. The molecule has 12 heteroatoms. The van der Waals surface area contributed by atoms with E-state index in [9.17, 15) is 9.59 Å². The first-order valence-corrected chi connectivity index (χ1v) is 13.7. The van der Waals surface area contributed by atoms with Gasteiger partial charge >= 0.3 is 0 Å². The number of rotatable bonds is 11. The van der Waals surface area contributed by atoms with Crippen LogP contribution in [0.15, 0.2) is 73.1 Å². The summed E-state index contributed by atoms with van der Waals surface area (Å²) >= 11 is 0. The van der Waals surface area contributed by atoms with Crippen LogP contribution >= 0.6 is 0 Å². The number of methoxy groups -OCH3 is 1.